The van der Waals surface area contributed by atoms with Gasteiger partial charge in [-0.25, -0.2) is 0 Å². The van der Waals surface area contributed by atoms with Crippen molar-refractivity contribution in [2.75, 3.05) is 46.1 Å². The second-order valence-corrected chi connectivity index (χ2v) is 10.2. The highest BCUT2D eigenvalue weighted by molar-refractivity contribution is 6.32. The third-order valence-electron chi connectivity index (χ3n) is 6.69. The van der Waals surface area contributed by atoms with Crippen molar-refractivity contribution in [2.45, 2.75) is 51.0 Å². The van der Waals surface area contributed by atoms with E-state index in [0.717, 1.165) is 61.2 Å². The molecule has 0 aromatic heterocycles. The van der Waals surface area contributed by atoms with Gasteiger partial charge in [-0.05, 0) is 62.3 Å². The summed E-state index contributed by atoms with van der Waals surface area (Å²) in [4.78, 5) is 14.2. The molecular formula is C26H37Cl2NO5. The number of esters is 1. The van der Waals surface area contributed by atoms with E-state index in [2.05, 4.69) is 11.0 Å². The summed E-state index contributed by atoms with van der Waals surface area (Å²) >= 11 is 12.8. The fourth-order valence-electron chi connectivity index (χ4n) is 4.63. The summed E-state index contributed by atoms with van der Waals surface area (Å²) in [6, 6.07) is 3.84. The van der Waals surface area contributed by atoms with Gasteiger partial charge in [0, 0.05) is 42.4 Å². The van der Waals surface area contributed by atoms with E-state index < -0.39 is 6.10 Å². The molecule has 2 fully saturated rings. The monoisotopic (exact) mass is 513 g/mol. The number of aryl methyl sites for hydroxylation is 2. The molecule has 0 radical (unpaired) electrons. The molecule has 0 spiro atoms. The van der Waals surface area contributed by atoms with Gasteiger partial charge in [0.05, 0.1) is 25.9 Å². The van der Waals surface area contributed by atoms with Crippen molar-refractivity contribution in [2.24, 2.45) is 11.8 Å². The molecule has 1 aliphatic carbocycles. The molecule has 1 N–H and O–H groups in total. The molecule has 2 aliphatic rings. The zero-order valence-electron chi connectivity index (χ0n) is 20.2. The summed E-state index contributed by atoms with van der Waals surface area (Å²) in [6.07, 6.45) is 5.86. The van der Waals surface area contributed by atoms with Crippen LogP contribution in [0.4, 0.5) is 0 Å². The van der Waals surface area contributed by atoms with Crippen molar-refractivity contribution >= 4 is 29.2 Å². The SMILES string of the molecule is Cc1cc(OC[C@@H]2[C@@H](C/C=C\CCC(=O)OCCN3CCOCC3)[C@H](Cl)C[C@H]2O)cc(C)c1Cl. The van der Waals surface area contributed by atoms with Crippen molar-refractivity contribution in [1.82, 2.24) is 4.90 Å². The number of alkyl halides is 1. The Balaban J connectivity index is 1.38. The number of morpholine rings is 1. The second-order valence-electron chi connectivity index (χ2n) is 9.25. The first-order chi connectivity index (χ1) is 16.3. The van der Waals surface area contributed by atoms with E-state index in [1.165, 1.54) is 0 Å². The third kappa shape index (κ3) is 8.13. The largest absolute Gasteiger partial charge is 0.493 e. The Morgan fingerprint density at radius 3 is 2.62 bits per heavy atom. The van der Waals surface area contributed by atoms with Crippen LogP contribution in [0.1, 0.15) is 36.8 Å². The van der Waals surface area contributed by atoms with Crippen LogP contribution in [-0.4, -0.2) is 73.5 Å². The molecule has 8 heteroatoms. The fourth-order valence-corrected chi connectivity index (χ4v) is 5.21. The van der Waals surface area contributed by atoms with Crippen LogP contribution in [0.5, 0.6) is 5.75 Å². The predicted molar refractivity (Wildman–Crippen MR) is 135 cm³/mol. The van der Waals surface area contributed by atoms with Gasteiger partial charge in [0.15, 0.2) is 0 Å². The third-order valence-corrected chi connectivity index (χ3v) is 7.79. The van der Waals surface area contributed by atoms with Gasteiger partial charge < -0.3 is 19.3 Å². The van der Waals surface area contributed by atoms with E-state index in [1.807, 2.05) is 32.1 Å². The Morgan fingerprint density at radius 1 is 1.21 bits per heavy atom. The van der Waals surface area contributed by atoms with Crippen molar-refractivity contribution in [3.63, 3.8) is 0 Å². The number of ether oxygens (including phenoxy) is 3. The lowest BCUT2D eigenvalue weighted by Crippen LogP contribution is -2.38. The van der Waals surface area contributed by atoms with Gasteiger partial charge >= 0.3 is 5.97 Å². The number of carbonyl (C=O) groups is 1. The topological polar surface area (TPSA) is 68.2 Å². The van der Waals surface area contributed by atoms with Gasteiger partial charge in [-0.15, -0.1) is 11.6 Å². The molecule has 190 valence electrons. The molecule has 1 heterocycles. The molecule has 0 unspecified atom stereocenters. The normalized spacial score (nSPS) is 25.7. The lowest BCUT2D eigenvalue weighted by molar-refractivity contribution is -0.144. The van der Waals surface area contributed by atoms with Gasteiger partial charge in [0.2, 0.25) is 0 Å². The van der Waals surface area contributed by atoms with Crippen LogP contribution in [0.3, 0.4) is 0 Å². The lowest BCUT2D eigenvalue weighted by atomic mass is 9.92. The summed E-state index contributed by atoms with van der Waals surface area (Å²) in [5.41, 5.74) is 1.94. The Morgan fingerprint density at radius 2 is 1.91 bits per heavy atom. The molecule has 1 aromatic carbocycles. The van der Waals surface area contributed by atoms with Gasteiger partial charge in [0.1, 0.15) is 12.4 Å². The van der Waals surface area contributed by atoms with Crippen LogP contribution < -0.4 is 4.74 Å². The van der Waals surface area contributed by atoms with E-state index >= 15 is 0 Å². The van der Waals surface area contributed by atoms with E-state index in [4.69, 9.17) is 37.4 Å². The average molecular weight is 514 g/mol. The van der Waals surface area contributed by atoms with E-state index in [9.17, 15) is 9.90 Å². The maximum atomic E-state index is 12.0. The summed E-state index contributed by atoms with van der Waals surface area (Å²) in [5, 5.41) is 11.2. The highest BCUT2D eigenvalue weighted by Crippen LogP contribution is 2.39. The van der Waals surface area contributed by atoms with E-state index in [1.54, 1.807) is 0 Å². The first-order valence-electron chi connectivity index (χ1n) is 12.2. The van der Waals surface area contributed by atoms with Crippen LogP contribution in [0.2, 0.25) is 5.02 Å². The first-order valence-corrected chi connectivity index (χ1v) is 13.0. The Hall–Kier alpha value is -1.31. The van der Waals surface area contributed by atoms with Crippen LogP contribution >= 0.6 is 23.2 Å². The number of carbonyl (C=O) groups excluding carboxylic acids is 1. The highest BCUT2D eigenvalue weighted by atomic mass is 35.5. The molecule has 1 aromatic rings. The van der Waals surface area contributed by atoms with E-state index in [-0.39, 0.29) is 23.2 Å². The maximum absolute atomic E-state index is 12.0. The molecule has 1 saturated carbocycles. The van der Waals surface area contributed by atoms with Gasteiger partial charge in [-0.1, -0.05) is 23.8 Å². The van der Waals surface area contributed by atoms with Crippen LogP contribution in [0.25, 0.3) is 0 Å². The smallest absolute Gasteiger partial charge is 0.306 e. The zero-order chi connectivity index (χ0) is 24.5. The number of benzene rings is 1. The second kappa shape index (κ2) is 13.7. The minimum atomic E-state index is -0.489. The molecule has 6 nitrogen and oxygen atoms in total. The summed E-state index contributed by atoms with van der Waals surface area (Å²) in [7, 11) is 0. The summed E-state index contributed by atoms with van der Waals surface area (Å²) < 4.78 is 16.7. The number of aliphatic hydroxyl groups is 1. The minimum Gasteiger partial charge on any atom is -0.493 e. The van der Waals surface area contributed by atoms with Crippen LogP contribution in [-0.2, 0) is 14.3 Å². The van der Waals surface area contributed by atoms with Gasteiger partial charge in [0.25, 0.3) is 0 Å². The molecule has 3 rings (SSSR count). The van der Waals surface area contributed by atoms with Crippen molar-refractivity contribution in [1.29, 1.82) is 0 Å². The Bertz CT molecular complexity index is 804. The number of aliphatic hydroxyl groups excluding tert-OH is 1. The van der Waals surface area contributed by atoms with Crippen molar-refractivity contribution in [3.05, 3.63) is 40.4 Å². The molecule has 0 amide bonds. The van der Waals surface area contributed by atoms with Crippen molar-refractivity contribution in [3.8, 4) is 5.75 Å². The van der Waals surface area contributed by atoms with Crippen LogP contribution in [0.15, 0.2) is 24.3 Å². The summed E-state index contributed by atoms with van der Waals surface area (Å²) in [5.74, 6) is 0.645. The molecular weight excluding hydrogens is 477 g/mol. The molecule has 4 atom stereocenters. The quantitative estimate of drug-likeness (QED) is 0.266. The van der Waals surface area contributed by atoms with Crippen LogP contribution in [0, 0.1) is 25.7 Å². The number of rotatable bonds is 11. The maximum Gasteiger partial charge on any atom is 0.306 e. The summed E-state index contributed by atoms with van der Waals surface area (Å²) in [6.45, 7) is 8.75. The lowest BCUT2D eigenvalue weighted by Gasteiger charge is -2.26. The number of nitrogens with zero attached hydrogens (tertiary/aromatic N) is 1. The Kier molecular flexibility index (Phi) is 11.0. The highest BCUT2D eigenvalue weighted by Gasteiger charge is 2.41. The number of allylic oxidation sites excluding steroid dienone is 2. The van der Waals surface area contributed by atoms with Gasteiger partial charge in [-0.2, -0.15) is 0 Å². The number of hydrogen-bond donors (Lipinski definition) is 1. The zero-order valence-corrected chi connectivity index (χ0v) is 21.7. The standard InChI is InChI=1S/C26H37Cl2NO5/c1-18-14-20(15-19(2)26(18)28)34-17-22-21(23(27)16-24(22)30)6-4-3-5-7-25(31)33-13-10-29-8-11-32-12-9-29/h3-4,14-15,21-24,30H,5-13,16-17H2,1-2H3/b4-3-/t21-,22-,23-,24-/m1/s1. The van der Waals surface area contributed by atoms with E-state index in [0.29, 0.717) is 32.5 Å². The molecule has 0 bridgehead atoms. The Labute approximate surface area is 213 Å². The molecule has 1 aliphatic heterocycles. The first kappa shape index (κ1) is 27.3. The molecule has 34 heavy (non-hydrogen) atoms. The van der Waals surface area contributed by atoms with Gasteiger partial charge in [-0.3, -0.25) is 9.69 Å². The average Bonchev–Trinajstić information content (AvgIpc) is 3.08. The predicted octanol–water partition coefficient (Wildman–Crippen LogP) is 4.54. The van der Waals surface area contributed by atoms with Crippen molar-refractivity contribution < 1.29 is 24.1 Å². The fraction of sp³-hybridized carbons (Fsp3) is 0.654. The number of hydrogen-bond acceptors (Lipinski definition) is 6. The molecule has 1 saturated heterocycles. The minimum absolute atomic E-state index is 0.0476. The number of halogens is 2.